The van der Waals surface area contributed by atoms with Crippen LogP contribution < -0.4 is 9.47 Å². The second-order valence-corrected chi connectivity index (χ2v) is 9.55. The fourth-order valence-corrected chi connectivity index (χ4v) is 4.78. The van der Waals surface area contributed by atoms with Crippen LogP contribution in [0.5, 0.6) is 11.5 Å². The standard InChI is InChI=1S/C26H21BrFNO4S/c1-16-3-5-17(6-4-16)14-29-25(30)23(34-26(29)31)13-19-11-21(27)24(22(12-19)32-2)33-15-18-7-9-20(28)10-8-18/h3-13H,14-15H2,1-2H3/b23-13-. The highest BCUT2D eigenvalue weighted by Gasteiger charge is 2.35. The average molecular weight is 542 g/mol. The maximum absolute atomic E-state index is 13.1. The molecule has 0 aromatic heterocycles. The number of amides is 2. The lowest BCUT2D eigenvalue weighted by atomic mass is 10.1. The zero-order valence-electron chi connectivity index (χ0n) is 18.5. The molecular weight excluding hydrogens is 521 g/mol. The largest absolute Gasteiger partial charge is 0.493 e. The quantitative estimate of drug-likeness (QED) is 0.310. The predicted octanol–water partition coefficient (Wildman–Crippen LogP) is 6.72. The Morgan fingerprint density at radius 2 is 1.71 bits per heavy atom. The van der Waals surface area contributed by atoms with Gasteiger partial charge in [-0.3, -0.25) is 14.5 Å². The van der Waals surface area contributed by atoms with Crippen LogP contribution in [0.2, 0.25) is 0 Å². The molecular formula is C26H21BrFNO4S. The van der Waals surface area contributed by atoms with Crippen LogP contribution in [0.3, 0.4) is 0 Å². The first-order chi connectivity index (χ1) is 16.3. The number of hydrogen-bond acceptors (Lipinski definition) is 5. The van der Waals surface area contributed by atoms with Gasteiger partial charge in [0.15, 0.2) is 11.5 Å². The summed E-state index contributed by atoms with van der Waals surface area (Å²) >= 11 is 4.41. The van der Waals surface area contributed by atoms with E-state index < -0.39 is 0 Å². The molecule has 3 aromatic carbocycles. The third-order valence-electron chi connectivity index (χ3n) is 5.18. The summed E-state index contributed by atoms with van der Waals surface area (Å²) in [5.41, 5.74) is 3.49. The predicted molar refractivity (Wildman–Crippen MR) is 134 cm³/mol. The monoisotopic (exact) mass is 541 g/mol. The fourth-order valence-electron chi connectivity index (χ4n) is 3.36. The van der Waals surface area contributed by atoms with Crippen molar-refractivity contribution in [3.63, 3.8) is 0 Å². The zero-order valence-corrected chi connectivity index (χ0v) is 20.9. The van der Waals surface area contributed by atoms with E-state index in [4.69, 9.17) is 9.47 Å². The summed E-state index contributed by atoms with van der Waals surface area (Å²) < 4.78 is 25.1. The van der Waals surface area contributed by atoms with Crippen LogP contribution in [0, 0.1) is 12.7 Å². The van der Waals surface area contributed by atoms with Gasteiger partial charge in [-0.1, -0.05) is 42.0 Å². The number of ether oxygens (including phenoxy) is 2. The first-order valence-corrected chi connectivity index (χ1v) is 12.0. The minimum absolute atomic E-state index is 0.228. The molecule has 0 saturated carbocycles. The van der Waals surface area contributed by atoms with Gasteiger partial charge >= 0.3 is 0 Å². The van der Waals surface area contributed by atoms with Crippen molar-refractivity contribution in [1.82, 2.24) is 4.90 Å². The van der Waals surface area contributed by atoms with Crippen molar-refractivity contribution in [3.8, 4) is 11.5 Å². The van der Waals surface area contributed by atoms with E-state index in [-0.39, 0.29) is 30.1 Å². The number of benzene rings is 3. The van der Waals surface area contributed by atoms with Crippen molar-refractivity contribution in [2.45, 2.75) is 20.1 Å². The molecule has 1 fully saturated rings. The fraction of sp³-hybridized carbons (Fsp3) is 0.154. The maximum Gasteiger partial charge on any atom is 0.293 e. The van der Waals surface area contributed by atoms with Crippen molar-refractivity contribution in [2.24, 2.45) is 0 Å². The van der Waals surface area contributed by atoms with E-state index >= 15 is 0 Å². The smallest absolute Gasteiger partial charge is 0.293 e. The normalized spacial score (nSPS) is 14.7. The molecule has 0 aliphatic carbocycles. The molecule has 174 valence electrons. The highest BCUT2D eigenvalue weighted by Crippen LogP contribution is 2.39. The summed E-state index contributed by atoms with van der Waals surface area (Å²) in [4.78, 5) is 27.0. The molecule has 34 heavy (non-hydrogen) atoms. The number of hydrogen-bond donors (Lipinski definition) is 0. The number of imide groups is 1. The Morgan fingerprint density at radius 1 is 1.03 bits per heavy atom. The van der Waals surface area contributed by atoms with Crippen molar-refractivity contribution < 1.29 is 23.5 Å². The second-order valence-electron chi connectivity index (χ2n) is 7.70. The van der Waals surface area contributed by atoms with Crippen molar-refractivity contribution in [2.75, 3.05) is 7.11 Å². The Kier molecular flexibility index (Phi) is 7.38. The highest BCUT2D eigenvalue weighted by atomic mass is 79.9. The highest BCUT2D eigenvalue weighted by molar-refractivity contribution is 9.10. The molecule has 5 nitrogen and oxygen atoms in total. The van der Waals surface area contributed by atoms with Crippen LogP contribution in [0.1, 0.15) is 22.3 Å². The van der Waals surface area contributed by atoms with Crippen LogP contribution in [-0.2, 0) is 17.9 Å². The summed E-state index contributed by atoms with van der Waals surface area (Å²) in [6.45, 7) is 2.44. The van der Waals surface area contributed by atoms with Crippen LogP contribution in [-0.4, -0.2) is 23.2 Å². The number of thioether (sulfide) groups is 1. The molecule has 0 radical (unpaired) electrons. The second kappa shape index (κ2) is 10.4. The summed E-state index contributed by atoms with van der Waals surface area (Å²) in [6, 6.07) is 17.3. The molecule has 0 atom stereocenters. The Balaban J connectivity index is 1.52. The molecule has 2 amide bonds. The maximum atomic E-state index is 13.1. The molecule has 0 spiro atoms. The number of methoxy groups -OCH3 is 1. The first-order valence-electron chi connectivity index (χ1n) is 10.4. The summed E-state index contributed by atoms with van der Waals surface area (Å²) in [5.74, 6) is 0.301. The molecule has 1 aliphatic heterocycles. The van der Waals surface area contributed by atoms with Gasteiger partial charge in [0.25, 0.3) is 11.1 Å². The topological polar surface area (TPSA) is 55.8 Å². The van der Waals surface area contributed by atoms with Crippen LogP contribution in [0.25, 0.3) is 6.08 Å². The Labute approximate surface area is 209 Å². The zero-order chi connectivity index (χ0) is 24.2. The lowest BCUT2D eigenvalue weighted by Crippen LogP contribution is -2.27. The average Bonchev–Trinajstić information content (AvgIpc) is 3.07. The third-order valence-corrected chi connectivity index (χ3v) is 6.68. The molecule has 0 N–H and O–H groups in total. The van der Waals surface area contributed by atoms with E-state index in [2.05, 4.69) is 15.9 Å². The van der Waals surface area contributed by atoms with E-state index in [1.54, 1.807) is 30.3 Å². The third kappa shape index (κ3) is 5.51. The molecule has 0 bridgehead atoms. The van der Waals surface area contributed by atoms with E-state index in [0.717, 1.165) is 28.5 Å². The van der Waals surface area contributed by atoms with Gasteiger partial charge < -0.3 is 9.47 Å². The van der Waals surface area contributed by atoms with E-state index in [1.165, 1.54) is 24.1 Å². The number of rotatable bonds is 7. The lowest BCUT2D eigenvalue weighted by molar-refractivity contribution is -0.123. The first kappa shape index (κ1) is 24.0. The Morgan fingerprint density at radius 3 is 2.38 bits per heavy atom. The van der Waals surface area contributed by atoms with Crippen LogP contribution in [0.4, 0.5) is 9.18 Å². The SMILES string of the molecule is COc1cc(/C=C2\SC(=O)N(Cc3ccc(C)cc3)C2=O)cc(Br)c1OCc1ccc(F)cc1. The van der Waals surface area contributed by atoms with Gasteiger partial charge in [-0.15, -0.1) is 0 Å². The molecule has 1 heterocycles. The Hall–Kier alpha value is -3.10. The molecule has 1 aliphatic rings. The lowest BCUT2D eigenvalue weighted by Gasteiger charge is -2.14. The molecule has 8 heteroatoms. The Bertz CT molecular complexity index is 1260. The summed E-state index contributed by atoms with van der Waals surface area (Å²) in [5, 5.41) is -0.304. The van der Waals surface area contributed by atoms with Gasteiger partial charge in [0.2, 0.25) is 0 Å². The van der Waals surface area contributed by atoms with Gasteiger partial charge in [-0.05, 0) is 81.6 Å². The van der Waals surface area contributed by atoms with E-state index in [9.17, 15) is 14.0 Å². The number of carbonyl (C=O) groups excluding carboxylic acids is 2. The van der Waals surface area contributed by atoms with E-state index in [0.29, 0.717) is 26.4 Å². The molecule has 3 aromatic rings. The van der Waals surface area contributed by atoms with Gasteiger partial charge in [-0.25, -0.2) is 4.39 Å². The van der Waals surface area contributed by atoms with Crippen molar-refractivity contribution in [1.29, 1.82) is 0 Å². The summed E-state index contributed by atoms with van der Waals surface area (Å²) in [7, 11) is 1.52. The molecule has 4 rings (SSSR count). The number of halogens is 2. The van der Waals surface area contributed by atoms with Gasteiger partial charge in [0.05, 0.1) is 23.0 Å². The van der Waals surface area contributed by atoms with Crippen molar-refractivity contribution in [3.05, 3.63) is 98.1 Å². The van der Waals surface area contributed by atoms with E-state index in [1.807, 2.05) is 31.2 Å². The minimum atomic E-state index is -0.331. The molecule has 1 saturated heterocycles. The van der Waals surface area contributed by atoms with Crippen LogP contribution in [0.15, 0.2) is 70.0 Å². The van der Waals surface area contributed by atoms with Gasteiger partial charge in [-0.2, -0.15) is 0 Å². The number of nitrogens with zero attached hydrogens (tertiary/aromatic N) is 1. The number of aryl methyl sites for hydroxylation is 1. The molecule has 0 unspecified atom stereocenters. The van der Waals surface area contributed by atoms with Crippen LogP contribution >= 0.6 is 27.7 Å². The number of carbonyl (C=O) groups is 2. The minimum Gasteiger partial charge on any atom is -0.493 e. The van der Waals surface area contributed by atoms with Gasteiger partial charge in [0.1, 0.15) is 12.4 Å². The van der Waals surface area contributed by atoms with Crippen molar-refractivity contribution >= 4 is 44.9 Å². The van der Waals surface area contributed by atoms with Gasteiger partial charge in [0, 0.05) is 0 Å². The summed E-state index contributed by atoms with van der Waals surface area (Å²) in [6.07, 6.45) is 1.66.